The molecular formula is C15H24O. The molecule has 0 aliphatic heterocycles. The standard InChI is InChI=1S/C15H24O/c1-2-3-4-5-6-7-8-9-14-10-12-15(16)13-11-14/h10-13,16H,2-9H2,1H3/i10+1,11+1,12+1,13+1,14+1,15+1. The van der Waals surface area contributed by atoms with Gasteiger partial charge in [-0.15, -0.1) is 0 Å². The average Bonchev–Trinajstić information content (AvgIpc) is 2.30. The van der Waals surface area contributed by atoms with Gasteiger partial charge in [0.15, 0.2) is 0 Å². The van der Waals surface area contributed by atoms with Gasteiger partial charge in [0, 0.05) is 0 Å². The van der Waals surface area contributed by atoms with Crippen LogP contribution in [0.5, 0.6) is 5.75 Å². The van der Waals surface area contributed by atoms with Crippen LogP contribution < -0.4 is 0 Å². The Kier molecular flexibility index (Phi) is 6.71. The molecule has 0 amide bonds. The van der Waals surface area contributed by atoms with Crippen molar-refractivity contribution in [3.63, 3.8) is 0 Å². The van der Waals surface area contributed by atoms with E-state index in [-0.39, 0.29) is 0 Å². The minimum Gasteiger partial charge on any atom is -0.508 e. The largest absolute Gasteiger partial charge is 0.508 e. The molecular weight excluding hydrogens is 202 g/mol. The molecule has 0 heterocycles. The van der Waals surface area contributed by atoms with Crippen LogP contribution in [-0.4, -0.2) is 5.11 Å². The SMILES string of the molecule is CCCCCCCCC[13c]1[13cH][13cH][13c](O)[13cH][13cH]1. The summed E-state index contributed by atoms with van der Waals surface area (Å²) in [6, 6.07) is 7.59. The number of benzene rings is 1. The molecule has 0 fully saturated rings. The lowest BCUT2D eigenvalue weighted by Gasteiger charge is -2.02. The van der Waals surface area contributed by atoms with Crippen molar-refractivity contribution in [2.45, 2.75) is 58.3 Å². The molecule has 0 aliphatic carbocycles. The normalized spacial score (nSPS) is 10.6. The van der Waals surface area contributed by atoms with Crippen molar-refractivity contribution in [3.8, 4) is 5.75 Å². The lowest BCUT2D eigenvalue weighted by molar-refractivity contribution is 0.475. The maximum absolute atomic E-state index is 9.15. The third-order valence-electron chi connectivity index (χ3n) is 3.01. The van der Waals surface area contributed by atoms with Crippen molar-refractivity contribution in [1.82, 2.24) is 0 Å². The second-order valence-electron chi connectivity index (χ2n) is 4.54. The summed E-state index contributed by atoms with van der Waals surface area (Å²) in [5, 5.41) is 9.15. The molecule has 0 bridgehead atoms. The first-order valence-corrected chi connectivity index (χ1v) is 6.61. The first-order chi connectivity index (χ1) is 7.83. The molecule has 0 radical (unpaired) electrons. The smallest absolute Gasteiger partial charge is 0.115 e. The number of hydrogen-bond donors (Lipinski definition) is 1. The monoisotopic (exact) mass is 226 g/mol. The third-order valence-corrected chi connectivity index (χ3v) is 3.01. The van der Waals surface area contributed by atoms with Crippen molar-refractivity contribution < 1.29 is 5.11 Å². The van der Waals surface area contributed by atoms with Crippen molar-refractivity contribution >= 4 is 0 Å². The molecule has 0 spiro atoms. The van der Waals surface area contributed by atoms with E-state index in [4.69, 9.17) is 5.11 Å². The Balaban J connectivity index is 2.01. The highest BCUT2D eigenvalue weighted by atomic mass is 16.3. The van der Waals surface area contributed by atoms with Gasteiger partial charge in [0.2, 0.25) is 0 Å². The second-order valence-corrected chi connectivity index (χ2v) is 4.54. The van der Waals surface area contributed by atoms with Gasteiger partial charge in [-0.3, -0.25) is 0 Å². The summed E-state index contributed by atoms with van der Waals surface area (Å²) in [5.41, 5.74) is 1.34. The van der Waals surface area contributed by atoms with Crippen LogP contribution >= 0.6 is 0 Å². The number of unbranched alkanes of at least 4 members (excludes halogenated alkanes) is 6. The van der Waals surface area contributed by atoms with E-state index >= 15 is 0 Å². The van der Waals surface area contributed by atoms with E-state index in [1.54, 1.807) is 12.1 Å². The Morgan fingerprint density at radius 3 is 2.00 bits per heavy atom. The van der Waals surface area contributed by atoms with Gasteiger partial charge in [0.05, 0.1) is 0 Å². The summed E-state index contributed by atoms with van der Waals surface area (Å²) >= 11 is 0. The minimum absolute atomic E-state index is 0.364. The second kappa shape index (κ2) is 8.20. The maximum Gasteiger partial charge on any atom is 0.115 e. The summed E-state index contributed by atoms with van der Waals surface area (Å²) in [6.07, 6.45) is 10.6. The van der Waals surface area contributed by atoms with Crippen molar-refractivity contribution in [1.29, 1.82) is 0 Å². The van der Waals surface area contributed by atoms with E-state index in [9.17, 15) is 0 Å². The summed E-state index contributed by atoms with van der Waals surface area (Å²) in [7, 11) is 0. The van der Waals surface area contributed by atoms with Gasteiger partial charge in [-0.1, -0.05) is 57.6 Å². The topological polar surface area (TPSA) is 20.2 Å². The molecule has 0 saturated carbocycles. The van der Waals surface area contributed by atoms with E-state index in [1.807, 2.05) is 12.1 Å². The summed E-state index contributed by atoms with van der Waals surface area (Å²) in [6.45, 7) is 2.25. The van der Waals surface area contributed by atoms with Gasteiger partial charge in [0.1, 0.15) is 5.75 Å². The van der Waals surface area contributed by atoms with Crippen molar-refractivity contribution in [2.24, 2.45) is 0 Å². The number of aryl methyl sites for hydroxylation is 1. The van der Waals surface area contributed by atoms with Gasteiger partial charge in [0.25, 0.3) is 0 Å². The molecule has 90 valence electrons. The quantitative estimate of drug-likeness (QED) is 0.638. The van der Waals surface area contributed by atoms with E-state index < -0.39 is 0 Å². The van der Waals surface area contributed by atoms with Crippen molar-refractivity contribution in [2.75, 3.05) is 0 Å². The molecule has 1 aromatic carbocycles. The first kappa shape index (κ1) is 13.1. The van der Waals surface area contributed by atoms with Crippen LogP contribution in [0.3, 0.4) is 0 Å². The highest BCUT2D eigenvalue weighted by Crippen LogP contribution is 2.13. The van der Waals surface area contributed by atoms with Gasteiger partial charge in [-0.2, -0.15) is 0 Å². The summed E-state index contributed by atoms with van der Waals surface area (Å²) < 4.78 is 0. The number of phenolic OH excluding ortho intramolecular Hbond substituents is 1. The van der Waals surface area contributed by atoms with E-state index in [0.29, 0.717) is 5.75 Å². The van der Waals surface area contributed by atoms with Crippen LogP contribution in [0.15, 0.2) is 24.3 Å². The molecule has 0 atom stereocenters. The average molecular weight is 226 g/mol. The molecule has 0 aromatic heterocycles. The Hall–Kier alpha value is -0.980. The third kappa shape index (κ3) is 5.79. The zero-order chi connectivity index (χ0) is 11.6. The number of rotatable bonds is 8. The Morgan fingerprint density at radius 2 is 1.38 bits per heavy atom. The molecule has 1 nitrogen and oxygen atoms in total. The van der Waals surface area contributed by atoms with Crippen molar-refractivity contribution in [3.05, 3.63) is 29.8 Å². The van der Waals surface area contributed by atoms with E-state index in [2.05, 4.69) is 6.92 Å². The minimum atomic E-state index is 0.364. The molecule has 1 aromatic rings. The lowest BCUT2D eigenvalue weighted by atomic mass is 10.1. The lowest BCUT2D eigenvalue weighted by Crippen LogP contribution is -1.85. The van der Waals surface area contributed by atoms with Crippen LogP contribution in [0.2, 0.25) is 0 Å². The van der Waals surface area contributed by atoms with Crippen LogP contribution in [0.1, 0.15) is 57.4 Å². The highest BCUT2D eigenvalue weighted by molar-refractivity contribution is 5.25. The summed E-state index contributed by atoms with van der Waals surface area (Å²) in [5.74, 6) is 0.364. The van der Waals surface area contributed by atoms with Crippen LogP contribution in [0.4, 0.5) is 0 Å². The van der Waals surface area contributed by atoms with Gasteiger partial charge >= 0.3 is 0 Å². The Morgan fingerprint density at radius 1 is 0.812 bits per heavy atom. The zero-order valence-electron chi connectivity index (χ0n) is 10.4. The Labute approximate surface area is 99.5 Å². The molecule has 0 unspecified atom stereocenters. The predicted octanol–water partition coefficient (Wildman–Crippen LogP) is 4.69. The fourth-order valence-electron chi connectivity index (χ4n) is 1.95. The van der Waals surface area contributed by atoms with Crippen LogP contribution in [0.25, 0.3) is 0 Å². The zero-order valence-corrected chi connectivity index (χ0v) is 10.4. The molecule has 1 rings (SSSR count). The fourth-order valence-corrected chi connectivity index (χ4v) is 1.95. The molecule has 16 heavy (non-hydrogen) atoms. The highest BCUT2D eigenvalue weighted by Gasteiger charge is 1.94. The van der Waals surface area contributed by atoms with Gasteiger partial charge in [-0.25, -0.2) is 0 Å². The van der Waals surface area contributed by atoms with Gasteiger partial charge < -0.3 is 5.11 Å². The number of phenols is 1. The fraction of sp³-hybridized carbons (Fsp3) is 0.600. The summed E-state index contributed by atoms with van der Waals surface area (Å²) in [4.78, 5) is 0. The van der Waals surface area contributed by atoms with Gasteiger partial charge in [-0.05, 0) is 30.5 Å². The molecule has 1 N–H and O–H groups in total. The Bertz CT molecular complexity index is 263. The number of aromatic hydroxyl groups is 1. The van der Waals surface area contributed by atoms with Crippen LogP contribution in [-0.2, 0) is 6.42 Å². The molecule has 0 aliphatic rings. The first-order valence-electron chi connectivity index (χ1n) is 6.61. The van der Waals surface area contributed by atoms with Crippen LogP contribution in [0, 0.1) is 0 Å². The number of hydrogen-bond acceptors (Lipinski definition) is 1. The van der Waals surface area contributed by atoms with E-state index in [1.165, 1.54) is 50.5 Å². The maximum atomic E-state index is 9.15. The molecule has 0 saturated heterocycles. The van der Waals surface area contributed by atoms with E-state index in [0.717, 1.165) is 6.42 Å². The molecule has 1 heteroatoms. The predicted molar refractivity (Wildman–Crippen MR) is 69.8 cm³/mol.